The molecule has 0 fully saturated rings. The molecule has 2 aromatic heterocycles. The smallest absolute Gasteiger partial charge is 0.311 e. The first kappa shape index (κ1) is 21.8. The summed E-state index contributed by atoms with van der Waals surface area (Å²) in [5, 5.41) is 13.7. The van der Waals surface area contributed by atoms with E-state index in [-0.39, 0.29) is 30.7 Å². The van der Waals surface area contributed by atoms with E-state index in [2.05, 4.69) is 20.5 Å². The topological polar surface area (TPSA) is 108 Å². The molecule has 1 N–H and O–H groups in total. The molecule has 0 saturated carbocycles. The maximum Gasteiger partial charge on any atom is 0.311 e. The van der Waals surface area contributed by atoms with Crippen molar-refractivity contribution >= 4 is 40.1 Å². The second-order valence-corrected chi connectivity index (χ2v) is 7.82. The zero-order valence-corrected chi connectivity index (χ0v) is 18.2. The summed E-state index contributed by atoms with van der Waals surface area (Å²) in [6.07, 6.45) is 0.0850. The fraction of sp³-hybridized carbons (Fsp3) is 0.316. The van der Waals surface area contributed by atoms with Crippen molar-refractivity contribution in [1.82, 2.24) is 19.7 Å². The molecule has 0 aliphatic carbocycles. The van der Waals surface area contributed by atoms with Gasteiger partial charge in [0, 0.05) is 12.4 Å². The van der Waals surface area contributed by atoms with Crippen LogP contribution in [0, 0.1) is 0 Å². The van der Waals surface area contributed by atoms with E-state index in [0.29, 0.717) is 28.4 Å². The van der Waals surface area contributed by atoms with Gasteiger partial charge in [0.2, 0.25) is 5.91 Å². The zero-order chi connectivity index (χ0) is 21.3. The zero-order valence-electron chi connectivity index (χ0n) is 16.5. The van der Waals surface area contributed by atoms with E-state index in [1.807, 2.05) is 37.4 Å². The number of hydrogen-bond acceptors (Lipinski definition) is 9. The molecule has 0 aliphatic rings. The van der Waals surface area contributed by atoms with Crippen LogP contribution in [0.1, 0.15) is 18.4 Å². The summed E-state index contributed by atoms with van der Waals surface area (Å²) in [6.45, 7) is 2.35. The molecule has 0 atom stereocenters. The summed E-state index contributed by atoms with van der Waals surface area (Å²) in [6, 6.07) is 9.45. The van der Waals surface area contributed by atoms with Crippen LogP contribution in [0.5, 0.6) is 5.75 Å². The highest BCUT2D eigenvalue weighted by molar-refractivity contribution is 7.99. The number of benzene rings is 1. The van der Waals surface area contributed by atoms with Gasteiger partial charge < -0.3 is 19.4 Å². The van der Waals surface area contributed by atoms with Gasteiger partial charge >= 0.3 is 5.97 Å². The number of aromatic nitrogens is 4. The van der Waals surface area contributed by atoms with E-state index in [1.165, 1.54) is 23.1 Å². The predicted octanol–water partition coefficient (Wildman–Crippen LogP) is 2.69. The molecule has 1 aromatic carbocycles. The van der Waals surface area contributed by atoms with Crippen molar-refractivity contribution < 1.29 is 19.1 Å². The van der Waals surface area contributed by atoms with E-state index >= 15 is 0 Å². The Bertz CT molecular complexity index is 990. The first-order chi connectivity index (χ1) is 14.5. The number of thioether (sulfide) groups is 1. The second kappa shape index (κ2) is 10.7. The van der Waals surface area contributed by atoms with Crippen LogP contribution in [0.2, 0.25) is 0 Å². The standard InChI is InChI=1S/C19H21N5O4S2/c1-3-27-17(26)9-13-11-29-18(20-13)21-16(25)12-30-19-23-22-15(24(19)2)10-28-14-7-5-4-6-8-14/h4-8,11H,3,9-10,12H2,1-2H3,(H,20,21,25). The summed E-state index contributed by atoms with van der Waals surface area (Å²) in [5.74, 6) is 0.996. The molecular weight excluding hydrogens is 426 g/mol. The Balaban J connectivity index is 1.46. The van der Waals surface area contributed by atoms with Crippen molar-refractivity contribution in [2.45, 2.75) is 25.1 Å². The Morgan fingerprint density at radius 2 is 2.03 bits per heavy atom. The molecule has 30 heavy (non-hydrogen) atoms. The average Bonchev–Trinajstić information content (AvgIpc) is 3.31. The van der Waals surface area contributed by atoms with Gasteiger partial charge in [-0.05, 0) is 19.1 Å². The molecule has 0 radical (unpaired) electrons. The lowest BCUT2D eigenvalue weighted by molar-refractivity contribution is -0.142. The van der Waals surface area contributed by atoms with Gasteiger partial charge in [0.25, 0.3) is 0 Å². The van der Waals surface area contributed by atoms with E-state index in [9.17, 15) is 9.59 Å². The number of anilines is 1. The number of carbonyl (C=O) groups is 2. The molecule has 2 heterocycles. The Kier molecular flexibility index (Phi) is 7.80. The molecule has 9 nitrogen and oxygen atoms in total. The quantitative estimate of drug-likeness (QED) is 0.373. The van der Waals surface area contributed by atoms with Crippen molar-refractivity contribution in [3.8, 4) is 5.75 Å². The third-order valence-corrected chi connectivity index (χ3v) is 5.62. The number of hydrogen-bond donors (Lipinski definition) is 1. The van der Waals surface area contributed by atoms with Crippen molar-refractivity contribution in [2.75, 3.05) is 17.7 Å². The van der Waals surface area contributed by atoms with Gasteiger partial charge in [-0.15, -0.1) is 21.5 Å². The first-order valence-corrected chi connectivity index (χ1v) is 11.0. The Morgan fingerprint density at radius 3 is 2.80 bits per heavy atom. The highest BCUT2D eigenvalue weighted by Crippen LogP contribution is 2.19. The van der Waals surface area contributed by atoms with Crippen LogP contribution in [0.3, 0.4) is 0 Å². The number of thiazole rings is 1. The van der Waals surface area contributed by atoms with Gasteiger partial charge in [0.15, 0.2) is 16.1 Å². The Morgan fingerprint density at radius 1 is 1.23 bits per heavy atom. The van der Waals surface area contributed by atoms with Crippen LogP contribution >= 0.6 is 23.1 Å². The largest absolute Gasteiger partial charge is 0.486 e. The molecule has 0 spiro atoms. The summed E-state index contributed by atoms with van der Waals surface area (Å²) >= 11 is 2.53. The molecule has 0 unspecified atom stereocenters. The lowest BCUT2D eigenvalue weighted by Gasteiger charge is -2.06. The maximum absolute atomic E-state index is 12.2. The number of nitrogens with zero attached hydrogens (tertiary/aromatic N) is 4. The van der Waals surface area contributed by atoms with Crippen LogP contribution < -0.4 is 10.1 Å². The highest BCUT2D eigenvalue weighted by atomic mass is 32.2. The van der Waals surface area contributed by atoms with Crippen molar-refractivity contribution in [2.24, 2.45) is 7.05 Å². The van der Waals surface area contributed by atoms with E-state index in [4.69, 9.17) is 9.47 Å². The molecule has 0 saturated heterocycles. The summed E-state index contributed by atoms with van der Waals surface area (Å²) in [5.41, 5.74) is 0.567. The third kappa shape index (κ3) is 6.29. The van der Waals surface area contributed by atoms with Crippen molar-refractivity contribution in [1.29, 1.82) is 0 Å². The summed E-state index contributed by atoms with van der Waals surface area (Å²) < 4.78 is 12.4. The van der Waals surface area contributed by atoms with Gasteiger partial charge in [0.05, 0.1) is 24.5 Å². The molecule has 11 heteroatoms. The minimum atomic E-state index is -0.342. The third-order valence-electron chi connectivity index (χ3n) is 3.80. The predicted molar refractivity (Wildman–Crippen MR) is 114 cm³/mol. The number of nitrogens with one attached hydrogen (secondary N) is 1. The van der Waals surface area contributed by atoms with Crippen LogP contribution in [0.25, 0.3) is 0 Å². The summed E-state index contributed by atoms with van der Waals surface area (Å²) in [7, 11) is 1.83. The summed E-state index contributed by atoms with van der Waals surface area (Å²) in [4.78, 5) is 27.9. The number of ether oxygens (including phenoxy) is 2. The fourth-order valence-electron chi connectivity index (χ4n) is 2.35. The number of rotatable bonds is 10. The van der Waals surface area contributed by atoms with E-state index in [1.54, 1.807) is 16.9 Å². The van der Waals surface area contributed by atoms with E-state index in [0.717, 1.165) is 5.75 Å². The van der Waals surface area contributed by atoms with Crippen molar-refractivity contribution in [3.05, 3.63) is 47.2 Å². The van der Waals surface area contributed by atoms with Crippen LogP contribution in [-0.4, -0.2) is 44.0 Å². The van der Waals surface area contributed by atoms with Gasteiger partial charge in [-0.2, -0.15) is 0 Å². The van der Waals surface area contributed by atoms with Crippen molar-refractivity contribution in [3.63, 3.8) is 0 Å². The molecule has 0 bridgehead atoms. The first-order valence-electron chi connectivity index (χ1n) is 9.14. The number of para-hydroxylation sites is 1. The lowest BCUT2D eigenvalue weighted by Crippen LogP contribution is -2.15. The Hall–Kier alpha value is -2.92. The number of carbonyl (C=O) groups excluding carboxylic acids is 2. The van der Waals surface area contributed by atoms with Crippen LogP contribution in [0.15, 0.2) is 40.9 Å². The number of esters is 1. The van der Waals surface area contributed by atoms with Crippen LogP contribution in [0.4, 0.5) is 5.13 Å². The second-order valence-electron chi connectivity index (χ2n) is 6.02. The monoisotopic (exact) mass is 447 g/mol. The maximum atomic E-state index is 12.2. The molecular formula is C19H21N5O4S2. The Labute approximate surface area is 181 Å². The molecule has 0 aliphatic heterocycles. The van der Waals surface area contributed by atoms with Gasteiger partial charge in [-0.25, -0.2) is 4.98 Å². The normalized spacial score (nSPS) is 10.6. The lowest BCUT2D eigenvalue weighted by atomic mass is 10.3. The van der Waals surface area contributed by atoms with Gasteiger partial charge in [-0.1, -0.05) is 30.0 Å². The van der Waals surface area contributed by atoms with Gasteiger partial charge in [-0.3, -0.25) is 9.59 Å². The minimum Gasteiger partial charge on any atom is -0.486 e. The SMILES string of the molecule is CCOC(=O)Cc1csc(NC(=O)CSc2nnc(COc3ccccc3)n2C)n1. The van der Waals surface area contributed by atoms with Crippen LogP contribution in [-0.2, 0) is 34.4 Å². The molecule has 158 valence electrons. The highest BCUT2D eigenvalue weighted by Gasteiger charge is 2.14. The van der Waals surface area contributed by atoms with E-state index < -0.39 is 0 Å². The van der Waals surface area contributed by atoms with Gasteiger partial charge in [0.1, 0.15) is 12.4 Å². The number of amides is 1. The molecule has 3 aromatic rings. The fourth-order valence-corrected chi connectivity index (χ4v) is 3.81. The molecule has 3 rings (SSSR count). The average molecular weight is 448 g/mol. The molecule has 1 amide bonds. The minimum absolute atomic E-state index is 0.0850.